The minimum absolute atomic E-state index is 0.214. The Morgan fingerprint density at radius 1 is 0.909 bits per heavy atom. The van der Waals surface area contributed by atoms with Crippen LogP contribution in [0, 0.1) is 0 Å². The number of hydrazone groups is 1. The number of hydrogen-bond acceptors (Lipinski definition) is 5. The van der Waals surface area contributed by atoms with E-state index in [1.165, 1.54) is 12.3 Å². The van der Waals surface area contributed by atoms with Crippen molar-refractivity contribution >= 4 is 46.0 Å². The van der Waals surface area contributed by atoms with Gasteiger partial charge in [0.05, 0.1) is 12.8 Å². The Labute approximate surface area is 199 Å². The van der Waals surface area contributed by atoms with Crippen LogP contribution in [0.2, 0.25) is 0 Å². The van der Waals surface area contributed by atoms with Crippen LogP contribution in [0.25, 0.3) is 6.08 Å². The van der Waals surface area contributed by atoms with Gasteiger partial charge in [-0.2, -0.15) is 5.10 Å². The molecule has 3 aromatic rings. The van der Waals surface area contributed by atoms with Gasteiger partial charge in [0, 0.05) is 16.1 Å². The normalized spacial score (nSPS) is 10.8. The molecule has 8 heteroatoms. The monoisotopic (exact) mass is 505 g/mol. The molecule has 0 fully saturated rings. The second kappa shape index (κ2) is 12.1. The lowest BCUT2D eigenvalue weighted by atomic mass is 10.2. The SMILES string of the molecule is O=C(CNC(=O)c1cccc(Br)c1)NN=Cc1ccc(OC(=O)C=Cc2ccccc2)cc1. The van der Waals surface area contributed by atoms with E-state index in [2.05, 4.69) is 31.8 Å². The van der Waals surface area contributed by atoms with Crippen LogP contribution in [0.15, 0.2) is 94.5 Å². The number of ether oxygens (including phenoxy) is 1. The third-order valence-electron chi connectivity index (χ3n) is 4.21. The summed E-state index contributed by atoms with van der Waals surface area (Å²) < 4.78 is 6.02. The van der Waals surface area contributed by atoms with Crippen LogP contribution < -0.4 is 15.5 Å². The van der Waals surface area contributed by atoms with E-state index in [0.717, 1.165) is 10.0 Å². The average Bonchev–Trinajstić information content (AvgIpc) is 2.83. The average molecular weight is 506 g/mol. The molecule has 0 heterocycles. The van der Waals surface area contributed by atoms with E-state index in [4.69, 9.17) is 4.74 Å². The fraction of sp³-hybridized carbons (Fsp3) is 0.0400. The summed E-state index contributed by atoms with van der Waals surface area (Å²) >= 11 is 3.29. The van der Waals surface area contributed by atoms with Gasteiger partial charge < -0.3 is 10.1 Å². The summed E-state index contributed by atoms with van der Waals surface area (Å²) in [6, 6.07) is 22.9. The lowest BCUT2D eigenvalue weighted by molar-refractivity contribution is -0.129. The molecule has 2 N–H and O–H groups in total. The van der Waals surface area contributed by atoms with Crippen molar-refractivity contribution in [3.8, 4) is 5.75 Å². The number of rotatable bonds is 8. The molecule has 0 radical (unpaired) electrons. The first-order valence-electron chi connectivity index (χ1n) is 9.90. The van der Waals surface area contributed by atoms with Crippen LogP contribution in [0.3, 0.4) is 0 Å². The topological polar surface area (TPSA) is 96.9 Å². The summed E-state index contributed by atoms with van der Waals surface area (Å²) in [6.07, 6.45) is 4.47. The Kier molecular flexibility index (Phi) is 8.67. The molecule has 166 valence electrons. The molecule has 0 spiro atoms. The Morgan fingerprint density at radius 3 is 2.39 bits per heavy atom. The first kappa shape index (κ1) is 23.6. The van der Waals surface area contributed by atoms with Crippen LogP contribution in [0.4, 0.5) is 0 Å². The van der Waals surface area contributed by atoms with E-state index in [1.807, 2.05) is 30.3 Å². The van der Waals surface area contributed by atoms with Gasteiger partial charge in [0.1, 0.15) is 5.75 Å². The zero-order valence-corrected chi connectivity index (χ0v) is 19.0. The summed E-state index contributed by atoms with van der Waals surface area (Å²) in [4.78, 5) is 35.8. The lowest BCUT2D eigenvalue weighted by Crippen LogP contribution is -2.34. The number of nitrogens with one attached hydrogen (secondary N) is 2. The Morgan fingerprint density at radius 2 is 1.67 bits per heavy atom. The maximum absolute atomic E-state index is 12.0. The smallest absolute Gasteiger partial charge is 0.336 e. The molecule has 0 aliphatic heterocycles. The molecular formula is C25H20BrN3O4. The largest absolute Gasteiger partial charge is 0.423 e. The molecule has 0 bridgehead atoms. The van der Waals surface area contributed by atoms with E-state index < -0.39 is 11.9 Å². The van der Waals surface area contributed by atoms with Crippen LogP contribution in [-0.4, -0.2) is 30.5 Å². The maximum atomic E-state index is 12.0. The van der Waals surface area contributed by atoms with Gasteiger partial charge in [0.15, 0.2) is 0 Å². The van der Waals surface area contributed by atoms with Crippen molar-refractivity contribution in [3.63, 3.8) is 0 Å². The minimum atomic E-state index is -0.488. The number of benzene rings is 3. The number of hydrogen-bond donors (Lipinski definition) is 2. The third kappa shape index (κ3) is 8.19. The number of carbonyl (C=O) groups excluding carboxylic acids is 3. The lowest BCUT2D eigenvalue weighted by Gasteiger charge is -2.04. The first-order valence-corrected chi connectivity index (χ1v) is 10.7. The zero-order valence-electron chi connectivity index (χ0n) is 17.4. The molecule has 3 aromatic carbocycles. The fourth-order valence-electron chi connectivity index (χ4n) is 2.61. The van der Waals surface area contributed by atoms with Gasteiger partial charge in [-0.05, 0) is 59.7 Å². The highest BCUT2D eigenvalue weighted by Crippen LogP contribution is 2.12. The van der Waals surface area contributed by atoms with Crippen LogP contribution >= 0.6 is 15.9 Å². The summed E-state index contributed by atoms with van der Waals surface area (Å²) in [6.45, 7) is -0.214. The first-order chi connectivity index (χ1) is 16.0. The minimum Gasteiger partial charge on any atom is -0.423 e. The van der Waals surface area contributed by atoms with Gasteiger partial charge in [-0.3, -0.25) is 9.59 Å². The van der Waals surface area contributed by atoms with Crippen LogP contribution in [0.5, 0.6) is 5.75 Å². The Hall–Kier alpha value is -4.04. The molecule has 0 aliphatic rings. The highest BCUT2D eigenvalue weighted by Gasteiger charge is 2.07. The van der Waals surface area contributed by atoms with Crippen LogP contribution in [-0.2, 0) is 9.59 Å². The van der Waals surface area contributed by atoms with Crippen molar-refractivity contribution in [2.75, 3.05) is 6.54 Å². The summed E-state index contributed by atoms with van der Waals surface area (Å²) in [5.74, 6) is -0.934. The summed E-state index contributed by atoms with van der Waals surface area (Å²) in [5, 5.41) is 6.38. The summed E-state index contributed by atoms with van der Waals surface area (Å²) in [7, 11) is 0. The number of amides is 2. The summed E-state index contributed by atoms with van der Waals surface area (Å²) in [5.41, 5.74) is 4.37. The molecule has 2 amide bonds. The number of carbonyl (C=O) groups is 3. The third-order valence-corrected chi connectivity index (χ3v) is 4.70. The second-order valence-corrected chi connectivity index (χ2v) is 7.64. The molecule has 0 saturated carbocycles. The van der Waals surface area contributed by atoms with E-state index >= 15 is 0 Å². The highest BCUT2D eigenvalue weighted by molar-refractivity contribution is 9.10. The van der Waals surface area contributed by atoms with Gasteiger partial charge in [0.2, 0.25) is 0 Å². The quantitative estimate of drug-likeness (QED) is 0.159. The zero-order chi connectivity index (χ0) is 23.5. The number of nitrogens with zero attached hydrogens (tertiary/aromatic N) is 1. The predicted octanol–water partition coefficient (Wildman–Crippen LogP) is 3.95. The molecule has 0 unspecified atom stereocenters. The van der Waals surface area contributed by atoms with Crippen molar-refractivity contribution in [3.05, 3.63) is 106 Å². The van der Waals surface area contributed by atoms with Gasteiger partial charge in [-0.15, -0.1) is 0 Å². The predicted molar refractivity (Wildman–Crippen MR) is 130 cm³/mol. The van der Waals surface area contributed by atoms with E-state index in [9.17, 15) is 14.4 Å². The second-order valence-electron chi connectivity index (χ2n) is 6.72. The number of esters is 1. The molecule has 33 heavy (non-hydrogen) atoms. The van der Waals surface area contributed by atoms with Gasteiger partial charge >= 0.3 is 5.97 Å². The number of halogens is 1. The molecule has 0 aromatic heterocycles. The molecular weight excluding hydrogens is 486 g/mol. The van der Waals surface area contributed by atoms with E-state index in [-0.39, 0.29) is 12.5 Å². The molecule has 0 atom stereocenters. The van der Waals surface area contributed by atoms with Crippen molar-refractivity contribution in [2.24, 2.45) is 5.10 Å². The van der Waals surface area contributed by atoms with Gasteiger partial charge in [0.25, 0.3) is 11.8 Å². The Bertz CT molecular complexity index is 1180. The maximum Gasteiger partial charge on any atom is 0.336 e. The van der Waals surface area contributed by atoms with Crippen molar-refractivity contribution in [1.29, 1.82) is 0 Å². The molecule has 0 saturated heterocycles. The molecule has 0 aliphatic carbocycles. The standard InChI is InChI=1S/C25H20BrN3O4/c26-21-8-4-7-20(15-21)25(32)27-17-23(30)29-28-16-19-9-12-22(13-10-19)33-24(31)14-11-18-5-2-1-3-6-18/h1-16H,17H2,(H,27,32)(H,29,30). The van der Waals surface area contributed by atoms with Crippen molar-refractivity contribution in [2.45, 2.75) is 0 Å². The highest BCUT2D eigenvalue weighted by atomic mass is 79.9. The van der Waals surface area contributed by atoms with E-state index in [1.54, 1.807) is 54.6 Å². The van der Waals surface area contributed by atoms with Crippen LogP contribution in [0.1, 0.15) is 21.5 Å². The van der Waals surface area contributed by atoms with Crippen molar-refractivity contribution in [1.82, 2.24) is 10.7 Å². The Balaban J connectivity index is 1.42. The van der Waals surface area contributed by atoms with E-state index in [0.29, 0.717) is 16.9 Å². The molecule has 3 rings (SSSR count). The fourth-order valence-corrected chi connectivity index (χ4v) is 3.01. The molecule has 7 nitrogen and oxygen atoms in total. The van der Waals surface area contributed by atoms with Gasteiger partial charge in [-0.1, -0.05) is 52.3 Å². The van der Waals surface area contributed by atoms with Crippen molar-refractivity contribution < 1.29 is 19.1 Å². The van der Waals surface area contributed by atoms with Gasteiger partial charge in [-0.25, -0.2) is 10.2 Å².